The smallest absolute Gasteiger partial charge is 0.267 e. The summed E-state index contributed by atoms with van der Waals surface area (Å²) in [5.74, 6) is 3.09. The quantitative estimate of drug-likeness (QED) is 0.107. The summed E-state index contributed by atoms with van der Waals surface area (Å²) in [5, 5.41) is 2.24. The number of hydrogen-bond donors (Lipinski definition) is 0. The van der Waals surface area contributed by atoms with Crippen LogP contribution < -0.4 is 9.30 Å². The van der Waals surface area contributed by atoms with Crippen LogP contribution in [0.25, 0.3) is 50.1 Å². The standard InChI is InChI=1S/C59H66N4O.Pt/c1-37(2)40-28-51(38(3)4)56(52(29-40)39(5)6)41-26-45(61-24-25-62(36-61)46-31-43(58(10,11)12)30-44(32-46)59(13,14)15)34-48(27-41)64-47-20-21-50-49-18-16-17-19-53(49)63(54(50)35-47)55-33-42(22-23-60-55)57(7,8)9;/h16-33,37-39H,1-15H3;/q-2;. The summed E-state index contributed by atoms with van der Waals surface area (Å²) >= 11 is 0. The van der Waals surface area contributed by atoms with E-state index < -0.39 is 0 Å². The molecule has 8 aromatic rings. The van der Waals surface area contributed by atoms with E-state index in [9.17, 15) is 0 Å². The zero-order chi connectivity index (χ0) is 46.0. The molecule has 0 saturated carbocycles. The molecule has 0 atom stereocenters. The van der Waals surface area contributed by atoms with E-state index in [2.05, 4.69) is 229 Å². The minimum atomic E-state index is -0.0325. The number of rotatable bonds is 9. The first kappa shape index (κ1) is 47.7. The molecule has 0 spiro atoms. The van der Waals surface area contributed by atoms with E-state index in [0.29, 0.717) is 29.3 Å². The second-order valence-electron chi connectivity index (χ2n) is 21.8. The molecule has 0 fully saturated rings. The summed E-state index contributed by atoms with van der Waals surface area (Å²) in [7, 11) is 0. The van der Waals surface area contributed by atoms with Crippen LogP contribution in [0.1, 0.15) is 155 Å². The maximum Gasteiger partial charge on any atom is 0.267 e. The average molecular weight is 1040 g/mol. The summed E-state index contributed by atoms with van der Waals surface area (Å²) in [5.41, 5.74) is 14.0. The fourth-order valence-electron chi connectivity index (χ4n) is 8.65. The van der Waals surface area contributed by atoms with Crippen molar-refractivity contribution in [2.45, 2.75) is 138 Å². The Labute approximate surface area is 403 Å². The number of ether oxygens (including phenoxy) is 1. The summed E-state index contributed by atoms with van der Waals surface area (Å²) in [4.78, 5) is 4.91. The second kappa shape index (κ2) is 17.9. The number of benzene rings is 5. The Bertz CT molecular complexity index is 2950. The van der Waals surface area contributed by atoms with Crippen molar-refractivity contribution in [3.63, 3.8) is 0 Å². The van der Waals surface area contributed by atoms with Crippen molar-refractivity contribution in [1.29, 1.82) is 0 Å². The average Bonchev–Trinajstić information content (AvgIpc) is 3.86. The van der Waals surface area contributed by atoms with Gasteiger partial charge in [0.1, 0.15) is 5.82 Å². The second-order valence-corrected chi connectivity index (χ2v) is 21.8. The Morgan fingerprint density at radius 2 is 1.25 bits per heavy atom. The van der Waals surface area contributed by atoms with Crippen molar-refractivity contribution in [3.8, 4) is 39.8 Å². The van der Waals surface area contributed by atoms with E-state index in [1.54, 1.807) is 0 Å². The van der Waals surface area contributed by atoms with Gasteiger partial charge in [-0.2, -0.15) is 12.1 Å². The van der Waals surface area contributed by atoms with Crippen LogP contribution in [0.4, 0.5) is 0 Å². The van der Waals surface area contributed by atoms with E-state index in [1.165, 1.54) is 38.9 Å². The molecule has 0 aliphatic rings. The Kier molecular flexibility index (Phi) is 13.1. The number of aromatic nitrogens is 4. The number of imidazole rings is 1. The molecular weight excluding hydrogens is 976 g/mol. The van der Waals surface area contributed by atoms with E-state index in [-0.39, 0.29) is 37.3 Å². The molecule has 340 valence electrons. The molecule has 3 aromatic heterocycles. The summed E-state index contributed by atoms with van der Waals surface area (Å²) in [6.07, 6.45) is 9.76. The largest absolute Gasteiger partial charge is 0.510 e. The predicted octanol–water partition coefficient (Wildman–Crippen LogP) is 15.4. The van der Waals surface area contributed by atoms with Gasteiger partial charge < -0.3 is 13.9 Å². The van der Waals surface area contributed by atoms with Gasteiger partial charge in [0.25, 0.3) is 6.33 Å². The first-order valence-electron chi connectivity index (χ1n) is 23.1. The van der Waals surface area contributed by atoms with Gasteiger partial charge in [0.2, 0.25) is 0 Å². The maximum absolute atomic E-state index is 6.96. The molecule has 0 radical (unpaired) electrons. The van der Waals surface area contributed by atoms with Gasteiger partial charge in [-0.15, -0.1) is 35.2 Å². The minimum Gasteiger partial charge on any atom is -0.510 e. The van der Waals surface area contributed by atoms with E-state index in [0.717, 1.165) is 44.6 Å². The van der Waals surface area contributed by atoms with Crippen LogP contribution in [-0.2, 0) is 37.3 Å². The van der Waals surface area contributed by atoms with Crippen LogP contribution in [0.5, 0.6) is 11.5 Å². The molecule has 0 saturated heterocycles. The molecule has 65 heavy (non-hydrogen) atoms. The fraction of sp³-hybridized carbons (Fsp3) is 0.356. The molecule has 0 amide bonds. The Morgan fingerprint density at radius 1 is 0.615 bits per heavy atom. The summed E-state index contributed by atoms with van der Waals surface area (Å²) < 4.78 is 13.3. The molecular formula is C59H66N4OPt-2. The minimum absolute atomic E-state index is 0. The molecule has 0 bridgehead atoms. The predicted molar refractivity (Wildman–Crippen MR) is 266 cm³/mol. The summed E-state index contributed by atoms with van der Waals surface area (Å²) in [6, 6.07) is 40.6. The van der Waals surface area contributed by atoms with Crippen LogP contribution in [-0.4, -0.2) is 14.1 Å². The molecule has 0 N–H and O–H groups in total. The molecule has 0 unspecified atom stereocenters. The molecule has 6 heteroatoms. The Hall–Kier alpha value is -5.25. The molecule has 5 nitrogen and oxygen atoms in total. The molecule has 8 rings (SSSR count). The normalized spacial score (nSPS) is 12.5. The SMILES string of the molecule is CC(C)c1cc(C(C)C)c(-c2cc(Oc3[c-]c4c(cc3)c3ccccc3n4-c3cc(C(C)(C)C)ccn3)[c-]c(-n3[c-][n+](-c4cc(C(C)(C)C)cc(C(C)(C)C)c4)cc3)c2)c(C(C)C)c1.[Pt]. The van der Waals surface area contributed by atoms with Crippen molar-refractivity contribution in [2.24, 2.45) is 0 Å². The van der Waals surface area contributed by atoms with Crippen molar-refractivity contribution < 1.29 is 30.4 Å². The van der Waals surface area contributed by atoms with E-state index >= 15 is 0 Å². The number of para-hydroxylation sites is 1. The van der Waals surface area contributed by atoms with Crippen molar-refractivity contribution in [1.82, 2.24) is 14.1 Å². The van der Waals surface area contributed by atoms with Crippen LogP contribution in [0.2, 0.25) is 0 Å². The molecule has 0 aliphatic heterocycles. The van der Waals surface area contributed by atoms with Gasteiger partial charge in [0.15, 0.2) is 0 Å². The fourth-order valence-corrected chi connectivity index (χ4v) is 8.65. The maximum atomic E-state index is 6.96. The van der Waals surface area contributed by atoms with Gasteiger partial charge >= 0.3 is 0 Å². The molecule has 3 heterocycles. The van der Waals surface area contributed by atoms with Crippen molar-refractivity contribution in [2.75, 3.05) is 0 Å². The number of nitrogens with zero attached hydrogens (tertiary/aromatic N) is 4. The van der Waals surface area contributed by atoms with Crippen LogP contribution >= 0.6 is 0 Å². The van der Waals surface area contributed by atoms with E-state index in [1.807, 2.05) is 16.8 Å². The van der Waals surface area contributed by atoms with Crippen molar-refractivity contribution in [3.05, 3.63) is 161 Å². The van der Waals surface area contributed by atoms with Gasteiger partial charge in [-0.3, -0.25) is 4.57 Å². The third kappa shape index (κ3) is 9.69. The van der Waals surface area contributed by atoms with Crippen LogP contribution in [0.15, 0.2) is 110 Å². The zero-order valence-electron chi connectivity index (χ0n) is 41.1. The Balaban J connectivity index is 0.00000630. The summed E-state index contributed by atoms with van der Waals surface area (Å²) in [6.45, 7) is 34.2. The first-order chi connectivity index (χ1) is 30.1. The topological polar surface area (TPSA) is 35.9 Å². The van der Waals surface area contributed by atoms with Crippen LogP contribution in [0, 0.1) is 18.5 Å². The van der Waals surface area contributed by atoms with Gasteiger partial charge in [-0.05, 0) is 114 Å². The van der Waals surface area contributed by atoms with Crippen molar-refractivity contribution >= 4 is 21.8 Å². The number of fused-ring (bicyclic) bond motifs is 3. The van der Waals surface area contributed by atoms with Gasteiger partial charge in [-0.25, -0.2) is 4.98 Å². The monoisotopic (exact) mass is 1040 g/mol. The van der Waals surface area contributed by atoms with Crippen LogP contribution in [0.3, 0.4) is 0 Å². The van der Waals surface area contributed by atoms with E-state index in [4.69, 9.17) is 9.72 Å². The molecule has 5 aromatic carbocycles. The molecule has 0 aliphatic carbocycles. The number of pyridine rings is 1. The number of hydrogen-bond acceptors (Lipinski definition) is 2. The van der Waals surface area contributed by atoms with Gasteiger partial charge in [0, 0.05) is 56.7 Å². The van der Waals surface area contributed by atoms with Gasteiger partial charge in [0.05, 0.1) is 5.69 Å². The first-order valence-corrected chi connectivity index (χ1v) is 23.1. The Morgan fingerprint density at radius 3 is 1.85 bits per heavy atom. The van der Waals surface area contributed by atoms with Gasteiger partial charge in [-0.1, -0.05) is 146 Å². The zero-order valence-corrected chi connectivity index (χ0v) is 43.4. The third-order valence-corrected chi connectivity index (χ3v) is 12.6. The third-order valence-electron chi connectivity index (χ3n) is 12.6.